The smallest absolute Gasteiger partial charge is 0.255 e. The van der Waals surface area contributed by atoms with Crippen molar-refractivity contribution in [2.45, 2.75) is 32.7 Å². The van der Waals surface area contributed by atoms with Crippen LogP contribution in [0.1, 0.15) is 43.9 Å². The van der Waals surface area contributed by atoms with E-state index in [1.165, 1.54) is 5.56 Å². The van der Waals surface area contributed by atoms with Crippen molar-refractivity contribution in [3.8, 4) is 0 Å². The Balaban J connectivity index is 1.91. The average Bonchev–Trinajstić information content (AvgIpc) is 2.63. The first-order valence-corrected chi connectivity index (χ1v) is 10.0. The molecule has 0 unspecified atom stereocenters. The fourth-order valence-electron chi connectivity index (χ4n) is 3.05. The van der Waals surface area contributed by atoms with Gasteiger partial charge in [0.15, 0.2) is 5.11 Å². The highest BCUT2D eigenvalue weighted by molar-refractivity contribution is 9.10. The molecule has 0 spiro atoms. The lowest BCUT2D eigenvalue weighted by Crippen LogP contribution is -2.45. The van der Waals surface area contributed by atoms with E-state index in [1.54, 1.807) is 0 Å². The fraction of sp³-hybridized carbons (Fsp3) is 0.238. The van der Waals surface area contributed by atoms with Crippen molar-refractivity contribution in [1.82, 2.24) is 10.6 Å². The molecular weight excluding hydrogens is 422 g/mol. The first kappa shape index (κ1) is 19.6. The van der Waals surface area contributed by atoms with Gasteiger partial charge in [0.1, 0.15) is 0 Å². The van der Waals surface area contributed by atoms with Crippen LogP contribution in [0.25, 0.3) is 0 Å². The van der Waals surface area contributed by atoms with Gasteiger partial charge in [-0.3, -0.25) is 4.79 Å². The van der Waals surface area contributed by atoms with Crippen LogP contribution in [0.15, 0.2) is 64.3 Å². The molecule has 2 aromatic rings. The number of carbonyl (C=O) groups is 1. The Hall–Kier alpha value is -2.18. The Morgan fingerprint density at radius 3 is 2.33 bits per heavy atom. The van der Waals surface area contributed by atoms with Gasteiger partial charge in [-0.25, -0.2) is 0 Å². The van der Waals surface area contributed by atoms with E-state index in [0.717, 1.165) is 21.4 Å². The second kappa shape index (κ2) is 8.23. The third-order valence-corrected chi connectivity index (χ3v) is 5.30. The summed E-state index contributed by atoms with van der Waals surface area (Å²) in [5, 5.41) is 9.79. The molecule has 3 N–H and O–H groups in total. The second-order valence-corrected chi connectivity index (χ2v) is 8.18. The predicted octanol–water partition coefficient (Wildman–Crippen LogP) is 5.00. The largest absolute Gasteiger partial charge is 0.351 e. The van der Waals surface area contributed by atoms with Gasteiger partial charge in [-0.1, -0.05) is 54.0 Å². The van der Waals surface area contributed by atoms with Crippen LogP contribution in [0.2, 0.25) is 0 Å². The van der Waals surface area contributed by atoms with Crippen LogP contribution in [0, 0.1) is 0 Å². The Morgan fingerprint density at radius 2 is 1.74 bits per heavy atom. The van der Waals surface area contributed by atoms with Crippen LogP contribution in [-0.2, 0) is 4.79 Å². The summed E-state index contributed by atoms with van der Waals surface area (Å²) in [5.41, 5.74) is 4.39. The number of nitrogens with one attached hydrogen (secondary N) is 3. The van der Waals surface area contributed by atoms with Gasteiger partial charge in [-0.05, 0) is 60.5 Å². The lowest BCUT2D eigenvalue weighted by molar-refractivity contribution is -0.113. The summed E-state index contributed by atoms with van der Waals surface area (Å²) in [6.45, 7) is 6.20. The van der Waals surface area contributed by atoms with Crippen LogP contribution in [0.3, 0.4) is 0 Å². The second-order valence-electron chi connectivity index (χ2n) is 6.85. The number of hydrogen-bond acceptors (Lipinski definition) is 2. The number of benzene rings is 2. The average molecular weight is 444 g/mol. The minimum Gasteiger partial charge on any atom is -0.351 e. The molecule has 27 heavy (non-hydrogen) atoms. The third-order valence-electron chi connectivity index (χ3n) is 4.55. The topological polar surface area (TPSA) is 53.2 Å². The normalized spacial score (nSPS) is 16.8. The zero-order valence-electron chi connectivity index (χ0n) is 15.5. The maximum absolute atomic E-state index is 13.0. The van der Waals surface area contributed by atoms with E-state index in [4.69, 9.17) is 12.2 Å². The Kier molecular flexibility index (Phi) is 5.97. The summed E-state index contributed by atoms with van der Waals surface area (Å²) in [5.74, 6) is 0.300. The Morgan fingerprint density at radius 1 is 1.11 bits per heavy atom. The van der Waals surface area contributed by atoms with Gasteiger partial charge in [0, 0.05) is 15.9 Å². The number of halogens is 1. The molecule has 3 rings (SSSR count). The molecule has 1 aliphatic rings. The molecule has 1 aliphatic heterocycles. The molecule has 2 aromatic carbocycles. The van der Waals surface area contributed by atoms with Crippen molar-refractivity contribution in [2.24, 2.45) is 0 Å². The minimum absolute atomic E-state index is 0.157. The van der Waals surface area contributed by atoms with Crippen LogP contribution >= 0.6 is 28.1 Å². The first-order chi connectivity index (χ1) is 12.8. The van der Waals surface area contributed by atoms with E-state index in [0.29, 0.717) is 16.6 Å². The predicted molar refractivity (Wildman–Crippen MR) is 118 cm³/mol. The van der Waals surface area contributed by atoms with Crippen molar-refractivity contribution in [3.63, 3.8) is 0 Å². The molecule has 0 radical (unpaired) electrons. The van der Waals surface area contributed by atoms with Crippen molar-refractivity contribution in [3.05, 3.63) is 75.4 Å². The molecule has 0 fully saturated rings. The number of amides is 1. The van der Waals surface area contributed by atoms with Crippen LogP contribution in [0.4, 0.5) is 5.69 Å². The third kappa shape index (κ3) is 4.57. The molecule has 1 heterocycles. The lowest BCUT2D eigenvalue weighted by atomic mass is 9.92. The fourth-order valence-corrected chi connectivity index (χ4v) is 3.59. The SMILES string of the molecule is CC1=C(C(=O)Nc2ccc(Br)cc2)[C@H](c2ccc(C(C)C)cc2)NC(=S)N1. The molecule has 1 atom stereocenters. The van der Waals surface area contributed by atoms with E-state index in [1.807, 2.05) is 31.2 Å². The van der Waals surface area contributed by atoms with Gasteiger partial charge in [0.25, 0.3) is 5.91 Å². The molecule has 140 valence electrons. The molecule has 0 saturated heterocycles. The van der Waals surface area contributed by atoms with Crippen molar-refractivity contribution >= 4 is 44.9 Å². The van der Waals surface area contributed by atoms with Crippen molar-refractivity contribution < 1.29 is 4.79 Å². The zero-order valence-corrected chi connectivity index (χ0v) is 17.9. The van der Waals surface area contributed by atoms with Crippen molar-refractivity contribution in [1.29, 1.82) is 0 Å². The lowest BCUT2D eigenvalue weighted by Gasteiger charge is -2.30. The summed E-state index contributed by atoms with van der Waals surface area (Å²) < 4.78 is 0.963. The highest BCUT2D eigenvalue weighted by atomic mass is 79.9. The monoisotopic (exact) mass is 443 g/mol. The summed E-state index contributed by atoms with van der Waals surface area (Å²) >= 11 is 8.72. The zero-order chi connectivity index (χ0) is 19.6. The molecule has 0 aliphatic carbocycles. The molecule has 0 aromatic heterocycles. The summed E-state index contributed by atoms with van der Waals surface area (Å²) in [6, 6.07) is 15.5. The minimum atomic E-state index is -0.296. The van der Waals surface area contributed by atoms with Crippen molar-refractivity contribution in [2.75, 3.05) is 5.32 Å². The quantitative estimate of drug-likeness (QED) is 0.581. The number of allylic oxidation sites excluding steroid dienone is 1. The molecule has 4 nitrogen and oxygen atoms in total. The summed E-state index contributed by atoms with van der Waals surface area (Å²) in [6.07, 6.45) is 0. The summed E-state index contributed by atoms with van der Waals surface area (Å²) in [4.78, 5) is 13.0. The van der Waals surface area contributed by atoms with E-state index < -0.39 is 0 Å². The number of hydrogen-bond donors (Lipinski definition) is 3. The number of thiocarbonyl (C=S) groups is 1. The number of anilines is 1. The maximum atomic E-state index is 13.0. The standard InChI is InChI=1S/C21H22BrN3OS/c1-12(2)14-4-6-15(7-5-14)19-18(13(3)23-21(27)25-19)20(26)24-17-10-8-16(22)9-11-17/h4-12,19H,1-3H3,(H,24,26)(H2,23,25,27)/t19-/m0/s1. The molecular formula is C21H22BrN3OS. The molecule has 0 bridgehead atoms. The van der Waals surface area contributed by atoms with Crippen LogP contribution < -0.4 is 16.0 Å². The number of rotatable bonds is 4. The van der Waals surface area contributed by atoms with Gasteiger partial charge in [0.05, 0.1) is 11.6 Å². The van der Waals surface area contributed by atoms with E-state index in [2.05, 4.69) is 70.0 Å². The summed E-state index contributed by atoms with van der Waals surface area (Å²) in [7, 11) is 0. The molecule has 0 saturated carbocycles. The van der Waals surface area contributed by atoms with E-state index >= 15 is 0 Å². The maximum Gasteiger partial charge on any atom is 0.255 e. The van der Waals surface area contributed by atoms with Crippen LogP contribution in [0.5, 0.6) is 0 Å². The highest BCUT2D eigenvalue weighted by Gasteiger charge is 2.29. The van der Waals surface area contributed by atoms with Gasteiger partial charge >= 0.3 is 0 Å². The van der Waals surface area contributed by atoms with Gasteiger partial charge in [0.2, 0.25) is 0 Å². The Labute approximate surface area is 173 Å². The van der Waals surface area contributed by atoms with Crippen LogP contribution in [-0.4, -0.2) is 11.0 Å². The number of carbonyl (C=O) groups excluding carboxylic acids is 1. The van der Waals surface area contributed by atoms with Gasteiger partial charge < -0.3 is 16.0 Å². The Bertz CT molecular complexity index is 889. The van der Waals surface area contributed by atoms with E-state index in [9.17, 15) is 4.79 Å². The van der Waals surface area contributed by atoms with Gasteiger partial charge in [-0.15, -0.1) is 0 Å². The van der Waals surface area contributed by atoms with E-state index in [-0.39, 0.29) is 11.9 Å². The highest BCUT2D eigenvalue weighted by Crippen LogP contribution is 2.29. The molecule has 6 heteroatoms. The first-order valence-electron chi connectivity index (χ1n) is 8.80. The molecule has 1 amide bonds. The van der Waals surface area contributed by atoms with Gasteiger partial charge in [-0.2, -0.15) is 0 Å².